The van der Waals surface area contributed by atoms with Crippen LogP contribution in [0.25, 0.3) is 5.69 Å². The highest BCUT2D eigenvalue weighted by Crippen LogP contribution is 2.19. The molecule has 0 saturated carbocycles. The van der Waals surface area contributed by atoms with Gasteiger partial charge in [0.1, 0.15) is 5.75 Å². The first-order valence-corrected chi connectivity index (χ1v) is 8.90. The normalized spacial score (nSPS) is 10.5. The van der Waals surface area contributed by atoms with Crippen molar-refractivity contribution < 1.29 is 9.53 Å². The Labute approximate surface area is 149 Å². The van der Waals surface area contributed by atoms with Crippen molar-refractivity contribution in [1.82, 2.24) is 20.2 Å². The van der Waals surface area contributed by atoms with Crippen molar-refractivity contribution in [3.8, 4) is 11.4 Å². The van der Waals surface area contributed by atoms with Crippen LogP contribution in [0, 0.1) is 0 Å². The average Bonchev–Trinajstić information content (AvgIpc) is 3.11. The maximum atomic E-state index is 12.4. The van der Waals surface area contributed by atoms with E-state index < -0.39 is 0 Å². The zero-order valence-corrected chi connectivity index (χ0v) is 14.7. The summed E-state index contributed by atoms with van der Waals surface area (Å²) in [6.45, 7) is 2.51. The molecule has 0 aliphatic carbocycles. The van der Waals surface area contributed by atoms with Gasteiger partial charge in [0.15, 0.2) is 0 Å². The van der Waals surface area contributed by atoms with Crippen molar-refractivity contribution in [2.45, 2.75) is 12.1 Å². The van der Waals surface area contributed by atoms with E-state index in [4.69, 9.17) is 4.74 Å². The molecule has 1 N–H and O–H groups in total. The number of benzene rings is 2. The Kier molecular flexibility index (Phi) is 5.30. The molecule has 7 nitrogen and oxygen atoms in total. The van der Waals surface area contributed by atoms with Gasteiger partial charge in [-0.2, -0.15) is 4.68 Å². The fourth-order valence-electron chi connectivity index (χ4n) is 2.26. The number of thioether (sulfide) groups is 1. The second-order valence-electron chi connectivity index (χ2n) is 5.04. The molecule has 25 heavy (non-hydrogen) atoms. The molecule has 2 aromatic carbocycles. The molecule has 3 aromatic rings. The van der Waals surface area contributed by atoms with Crippen LogP contribution < -0.4 is 10.1 Å². The fourth-order valence-corrected chi connectivity index (χ4v) is 2.69. The SMILES string of the molecule is CCOc1ccc(C(=O)Nc2cccc(-n3nnnc3SC)c2)cc1. The van der Waals surface area contributed by atoms with Gasteiger partial charge in [-0.05, 0) is 66.1 Å². The van der Waals surface area contributed by atoms with Crippen LogP contribution in [0.1, 0.15) is 17.3 Å². The number of amides is 1. The molecular weight excluding hydrogens is 338 g/mol. The number of carbonyl (C=O) groups excluding carboxylic acids is 1. The fraction of sp³-hybridized carbons (Fsp3) is 0.176. The predicted octanol–water partition coefficient (Wildman–Crippen LogP) is 3.04. The number of hydrogen-bond acceptors (Lipinski definition) is 6. The van der Waals surface area contributed by atoms with Gasteiger partial charge in [-0.15, -0.1) is 5.10 Å². The number of nitrogens with one attached hydrogen (secondary N) is 1. The van der Waals surface area contributed by atoms with Crippen molar-refractivity contribution in [1.29, 1.82) is 0 Å². The predicted molar refractivity (Wildman–Crippen MR) is 96.5 cm³/mol. The summed E-state index contributed by atoms with van der Waals surface area (Å²) >= 11 is 1.45. The Balaban J connectivity index is 1.76. The number of rotatable bonds is 6. The Bertz CT molecular complexity index is 863. The lowest BCUT2D eigenvalue weighted by Gasteiger charge is -2.09. The zero-order valence-electron chi connectivity index (χ0n) is 13.8. The summed E-state index contributed by atoms with van der Waals surface area (Å²) in [5, 5.41) is 15.1. The van der Waals surface area contributed by atoms with Gasteiger partial charge in [0.25, 0.3) is 5.91 Å². The topological polar surface area (TPSA) is 81.9 Å². The van der Waals surface area contributed by atoms with Crippen LogP contribution >= 0.6 is 11.8 Å². The number of anilines is 1. The largest absolute Gasteiger partial charge is 0.494 e. The zero-order chi connectivity index (χ0) is 17.6. The average molecular weight is 355 g/mol. The number of carbonyl (C=O) groups is 1. The van der Waals surface area contributed by atoms with Gasteiger partial charge in [0.05, 0.1) is 12.3 Å². The molecule has 128 valence electrons. The van der Waals surface area contributed by atoms with Gasteiger partial charge in [0, 0.05) is 11.3 Å². The molecular formula is C17H17N5O2S. The minimum absolute atomic E-state index is 0.193. The van der Waals surface area contributed by atoms with E-state index >= 15 is 0 Å². The van der Waals surface area contributed by atoms with Crippen molar-refractivity contribution in [3.63, 3.8) is 0 Å². The number of tetrazole rings is 1. The third-order valence-electron chi connectivity index (χ3n) is 3.40. The number of hydrogen-bond donors (Lipinski definition) is 1. The molecule has 0 bridgehead atoms. The van der Waals surface area contributed by atoms with E-state index in [1.807, 2.05) is 37.4 Å². The molecule has 3 rings (SSSR count). The van der Waals surface area contributed by atoms with E-state index in [1.165, 1.54) is 11.8 Å². The molecule has 8 heteroatoms. The first-order valence-electron chi connectivity index (χ1n) is 7.68. The molecule has 0 unspecified atom stereocenters. The first kappa shape index (κ1) is 17.0. The smallest absolute Gasteiger partial charge is 0.255 e. The minimum Gasteiger partial charge on any atom is -0.494 e. The lowest BCUT2D eigenvalue weighted by molar-refractivity contribution is 0.102. The van der Waals surface area contributed by atoms with Gasteiger partial charge in [-0.3, -0.25) is 4.79 Å². The first-order chi connectivity index (χ1) is 12.2. The second kappa shape index (κ2) is 7.80. The molecule has 1 heterocycles. The van der Waals surface area contributed by atoms with E-state index in [9.17, 15) is 4.79 Å². The Hall–Kier alpha value is -2.87. The lowest BCUT2D eigenvalue weighted by atomic mass is 10.2. The summed E-state index contributed by atoms with van der Waals surface area (Å²) in [6.07, 6.45) is 1.90. The van der Waals surface area contributed by atoms with Gasteiger partial charge in [-0.25, -0.2) is 0 Å². The summed E-state index contributed by atoms with van der Waals surface area (Å²) in [5.74, 6) is 0.548. The number of ether oxygens (including phenoxy) is 1. The van der Waals surface area contributed by atoms with Crippen LogP contribution in [0.5, 0.6) is 5.75 Å². The number of nitrogens with zero attached hydrogens (tertiary/aromatic N) is 4. The summed E-state index contributed by atoms with van der Waals surface area (Å²) in [5.41, 5.74) is 2.00. The maximum Gasteiger partial charge on any atom is 0.255 e. The van der Waals surface area contributed by atoms with E-state index in [0.717, 1.165) is 11.4 Å². The van der Waals surface area contributed by atoms with Crippen molar-refractivity contribution in [3.05, 3.63) is 54.1 Å². The number of aromatic nitrogens is 4. The van der Waals surface area contributed by atoms with Crippen LogP contribution in [0.2, 0.25) is 0 Å². The van der Waals surface area contributed by atoms with Gasteiger partial charge >= 0.3 is 0 Å². The molecule has 0 aliphatic rings. The Morgan fingerprint density at radius 3 is 2.76 bits per heavy atom. The quantitative estimate of drug-likeness (QED) is 0.685. The summed E-state index contributed by atoms with van der Waals surface area (Å²) in [4.78, 5) is 12.4. The minimum atomic E-state index is -0.193. The van der Waals surface area contributed by atoms with Crippen molar-refractivity contribution in [2.24, 2.45) is 0 Å². The van der Waals surface area contributed by atoms with Crippen LogP contribution in [0.15, 0.2) is 53.7 Å². The highest BCUT2D eigenvalue weighted by atomic mass is 32.2. The third kappa shape index (κ3) is 3.97. The third-order valence-corrected chi connectivity index (χ3v) is 4.02. The summed E-state index contributed by atoms with van der Waals surface area (Å²) < 4.78 is 7.00. The van der Waals surface area contributed by atoms with E-state index in [-0.39, 0.29) is 5.91 Å². The molecule has 1 amide bonds. The van der Waals surface area contributed by atoms with E-state index in [0.29, 0.717) is 23.0 Å². The molecule has 0 aliphatic heterocycles. The van der Waals surface area contributed by atoms with Crippen LogP contribution in [-0.2, 0) is 0 Å². The monoisotopic (exact) mass is 355 g/mol. The van der Waals surface area contributed by atoms with E-state index in [2.05, 4.69) is 20.8 Å². The second-order valence-corrected chi connectivity index (χ2v) is 5.81. The molecule has 0 atom stereocenters. The highest BCUT2D eigenvalue weighted by molar-refractivity contribution is 7.98. The molecule has 1 aromatic heterocycles. The molecule has 0 fully saturated rings. The molecule has 0 radical (unpaired) electrons. The summed E-state index contributed by atoms with van der Waals surface area (Å²) in [6, 6.07) is 14.4. The van der Waals surface area contributed by atoms with Crippen LogP contribution in [-0.4, -0.2) is 39.0 Å². The van der Waals surface area contributed by atoms with Gasteiger partial charge < -0.3 is 10.1 Å². The maximum absolute atomic E-state index is 12.4. The van der Waals surface area contributed by atoms with Crippen molar-refractivity contribution >= 4 is 23.4 Å². The molecule has 0 spiro atoms. The summed E-state index contributed by atoms with van der Waals surface area (Å²) in [7, 11) is 0. The van der Waals surface area contributed by atoms with E-state index in [1.54, 1.807) is 28.9 Å². The van der Waals surface area contributed by atoms with Crippen LogP contribution in [0.4, 0.5) is 5.69 Å². The van der Waals surface area contributed by atoms with Gasteiger partial charge in [-0.1, -0.05) is 17.8 Å². The Morgan fingerprint density at radius 1 is 1.24 bits per heavy atom. The Morgan fingerprint density at radius 2 is 2.04 bits per heavy atom. The lowest BCUT2D eigenvalue weighted by Crippen LogP contribution is -2.12. The van der Waals surface area contributed by atoms with Crippen molar-refractivity contribution in [2.75, 3.05) is 18.2 Å². The van der Waals surface area contributed by atoms with Gasteiger partial charge in [0.2, 0.25) is 5.16 Å². The standard InChI is InChI=1S/C17H17N5O2S/c1-3-24-15-9-7-12(8-10-15)16(23)18-13-5-4-6-14(11-13)22-17(25-2)19-20-21-22/h4-11H,3H2,1-2H3,(H,18,23). The highest BCUT2D eigenvalue weighted by Gasteiger charge is 2.10. The molecule has 0 saturated heterocycles. The van der Waals surface area contributed by atoms with Crippen LogP contribution in [0.3, 0.4) is 0 Å².